The summed E-state index contributed by atoms with van der Waals surface area (Å²) in [5.74, 6) is 0.782. The minimum atomic E-state index is 0.210. The first-order valence-corrected chi connectivity index (χ1v) is 4.93. The molecule has 1 aromatic carbocycles. The molecule has 84 valence electrons. The molecule has 0 atom stereocenters. The minimum Gasteiger partial charge on any atom is -0.468 e. The molecule has 0 saturated carbocycles. The van der Waals surface area contributed by atoms with Gasteiger partial charge in [-0.25, -0.2) is 0 Å². The standard InChI is InChI=1S/C11H17NO3/c1-14-9-15-11-5-3-10(4-6-11)12-7-2-8-13/h3-6,12-13H,2,7-9H2,1H3. The Hall–Kier alpha value is -1.26. The fourth-order valence-corrected chi connectivity index (χ4v) is 1.11. The molecule has 0 aliphatic rings. The molecule has 1 aromatic rings. The summed E-state index contributed by atoms with van der Waals surface area (Å²) in [5, 5.41) is 11.8. The quantitative estimate of drug-likeness (QED) is 0.529. The summed E-state index contributed by atoms with van der Waals surface area (Å²) in [7, 11) is 1.59. The molecule has 15 heavy (non-hydrogen) atoms. The van der Waals surface area contributed by atoms with E-state index in [1.165, 1.54) is 0 Å². The minimum absolute atomic E-state index is 0.210. The van der Waals surface area contributed by atoms with E-state index in [1.54, 1.807) is 7.11 Å². The van der Waals surface area contributed by atoms with E-state index in [0.29, 0.717) is 0 Å². The molecule has 1 rings (SSSR count). The summed E-state index contributed by atoms with van der Waals surface area (Å²) >= 11 is 0. The first-order valence-electron chi connectivity index (χ1n) is 4.93. The van der Waals surface area contributed by atoms with Gasteiger partial charge in [-0.3, -0.25) is 0 Å². The molecule has 0 unspecified atom stereocenters. The van der Waals surface area contributed by atoms with Gasteiger partial charge in [-0.05, 0) is 30.7 Å². The van der Waals surface area contributed by atoms with Gasteiger partial charge in [0.15, 0.2) is 6.79 Å². The normalized spacial score (nSPS) is 10.0. The molecule has 0 aliphatic heterocycles. The second kappa shape index (κ2) is 7.09. The predicted octanol–water partition coefficient (Wildman–Crippen LogP) is 1.46. The van der Waals surface area contributed by atoms with E-state index in [1.807, 2.05) is 24.3 Å². The fraction of sp³-hybridized carbons (Fsp3) is 0.455. The van der Waals surface area contributed by atoms with Crippen molar-refractivity contribution in [1.82, 2.24) is 0 Å². The predicted molar refractivity (Wildman–Crippen MR) is 59.1 cm³/mol. The van der Waals surface area contributed by atoms with Crippen molar-refractivity contribution in [2.75, 3.05) is 32.4 Å². The molecule has 0 aliphatic carbocycles. The first kappa shape index (κ1) is 11.8. The van der Waals surface area contributed by atoms with Gasteiger partial charge < -0.3 is 19.9 Å². The molecule has 0 spiro atoms. The van der Waals surface area contributed by atoms with Gasteiger partial charge in [0.1, 0.15) is 5.75 Å². The summed E-state index contributed by atoms with van der Waals surface area (Å²) in [6, 6.07) is 7.62. The summed E-state index contributed by atoms with van der Waals surface area (Å²) in [6.45, 7) is 1.24. The van der Waals surface area contributed by atoms with E-state index in [0.717, 1.165) is 24.4 Å². The maximum atomic E-state index is 8.61. The van der Waals surface area contributed by atoms with Crippen molar-refractivity contribution in [3.63, 3.8) is 0 Å². The van der Waals surface area contributed by atoms with E-state index in [-0.39, 0.29) is 13.4 Å². The van der Waals surface area contributed by atoms with Crippen molar-refractivity contribution >= 4 is 5.69 Å². The van der Waals surface area contributed by atoms with Crippen LogP contribution in [0.2, 0.25) is 0 Å². The number of aliphatic hydroxyl groups excluding tert-OH is 1. The maximum Gasteiger partial charge on any atom is 0.188 e. The van der Waals surface area contributed by atoms with Crippen molar-refractivity contribution in [3.8, 4) is 5.75 Å². The number of benzene rings is 1. The summed E-state index contributed by atoms with van der Waals surface area (Å²) < 4.78 is 10.0. The van der Waals surface area contributed by atoms with E-state index >= 15 is 0 Å². The lowest BCUT2D eigenvalue weighted by Gasteiger charge is -2.07. The van der Waals surface area contributed by atoms with Crippen molar-refractivity contribution in [3.05, 3.63) is 24.3 Å². The molecule has 0 radical (unpaired) electrons. The van der Waals surface area contributed by atoms with Gasteiger partial charge in [0.05, 0.1) is 0 Å². The molecular formula is C11H17NO3. The van der Waals surface area contributed by atoms with Gasteiger partial charge in [0.2, 0.25) is 0 Å². The zero-order valence-electron chi connectivity index (χ0n) is 8.90. The van der Waals surface area contributed by atoms with E-state index < -0.39 is 0 Å². The van der Waals surface area contributed by atoms with Crippen LogP contribution in [-0.4, -0.2) is 32.2 Å². The number of nitrogens with one attached hydrogen (secondary N) is 1. The van der Waals surface area contributed by atoms with Crippen molar-refractivity contribution < 1.29 is 14.6 Å². The first-order chi connectivity index (χ1) is 7.36. The van der Waals surface area contributed by atoms with E-state index in [2.05, 4.69) is 5.32 Å². The Labute approximate surface area is 89.8 Å². The van der Waals surface area contributed by atoms with Crippen LogP contribution in [0, 0.1) is 0 Å². The Balaban J connectivity index is 2.35. The highest BCUT2D eigenvalue weighted by Gasteiger charge is 1.94. The lowest BCUT2D eigenvalue weighted by molar-refractivity contribution is 0.0511. The zero-order valence-corrected chi connectivity index (χ0v) is 8.90. The Morgan fingerprint density at radius 2 is 2.00 bits per heavy atom. The molecule has 0 bridgehead atoms. The number of rotatable bonds is 7. The molecule has 0 amide bonds. The Bertz CT molecular complexity index is 261. The second-order valence-electron chi connectivity index (χ2n) is 3.08. The van der Waals surface area contributed by atoms with Crippen LogP contribution < -0.4 is 10.1 Å². The molecular weight excluding hydrogens is 194 g/mol. The van der Waals surface area contributed by atoms with E-state index in [4.69, 9.17) is 14.6 Å². The SMILES string of the molecule is COCOc1ccc(NCCCO)cc1. The van der Waals surface area contributed by atoms with Crippen LogP contribution in [0.1, 0.15) is 6.42 Å². The Morgan fingerprint density at radius 1 is 1.27 bits per heavy atom. The third-order valence-corrected chi connectivity index (χ3v) is 1.86. The summed E-state index contributed by atoms with van der Waals surface area (Å²) in [6.07, 6.45) is 0.752. The van der Waals surface area contributed by atoms with Crippen molar-refractivity contribution in [2.24, 2.45) is 0 Å². The van der Waals surface area contributed by atoms with Gasteiger partial charge in [0, 0.05) is 25.9 Å². The van der Waals surface area contributed by atoms with Crippen LogP contribution >= 0.6 is 0 Å². The van der Waals surface area contributed by atoms with Gasteiger partial charge in [-0.1, -0.05) is 0 Å². The second-order valence-corrected chi connectivity index (χ2v) is 3.08. The number of anilines is 1. The third kappa shape index (κ3) is 4.67. The molecule has 2 N–H and O–H groups in total. The smallest absolute Gasteiger partial charge is 0.188 e. The number of ether oxygens (including phenoxy) is 2. The number of hydrogen-bond acceptors (Lipinski definition) is 4. The highest BCUT2D eigenvalue weighted by molar-refractivity contribution is 5.46. The van der Waals surface area contributed by atoms with Crippen LogP contribution in [0.15, 0.2) is 24.3 Å². The van der Waals surface area contributed by atoms with Crippen molar-refractivity contribution in [1.29, 1.82) is 0 Å². The van der Waals surface area contributed by atoms with E-state index in [9.17, 15) is 0 Å². The number of methoxy groups -OCH3 is 1. The lowest BCUT2D eigenvalue weighted by atomic mass is 10.3. The molecule has 4 heteroatoms. The third-order valence-electron chi connectivity index (χ3n) is 1.86. The largest absolute Gasteiger partial charge is 0.468 e. The topological polar surface area (TPSA) is 50.7 Å². The summed E-state index contributed by atoms with van der Waals surface area (Å²) in [4.78, 5) is 0. The Kier molecular flexibility index (Phi) is 5.58. The zero-order chi connectivity index (χ0) is 10.9. The van der Waals surface area contributed by atoms with Crippen molar-refractivity contribution in [2.45, 2.75) is 6.42 Å². The lowest BCUT2D eigenvalue weighted by Crippen LogP contribution is -2.03. The Morgan fingerprint density at radius 3 is 2.60 bits per heavy atom. The average Bonchev–Trinajstić information content (AvgIpc) is 2.28. The van der Waals surface area contributed by atoms with Gasteiger partial charge >= 0.3 is 0 Å². The highest BCUT2D eigenvalue weighted by Crippen LogP contribution is 2.15. The number of hydrogen-bond donors (Lipinski definition) is 2. The monoisotopic (exact) mass is 211 g/mol. The van der Waals surface area contributed by atoms with Crippen LogP contribution in [0.25, 0.3) is 0 Å². The molecule has 0 heterocycles. The van der Waals surface area contributed by atoms with Gasteiger partial charge in [-0.15, -0.1) is 0 Å². The average molecular weight is 211 g/mol. The van der Waals surface area contributed by atoms with Gasteiger partial charge in [-0.2, -0.15) is 0 Å². The molecule has 0 aromatic heterocycles. The van der Waals surface area contributed by atoms with Crippen LogP contribution in [-0.2, 0) is 4.74 Å². The van der Waals surface area contributed by atoms with Crippen LogP contribution in [0.3, 0.4) is 0 Å². The molecule has 0 fully saturated rings. The molecule has 0 saturated heterocycles. The van der Waals surface area contributed by atoms with Crippen LogP contribution in [0.5, 0.6) is 5.75 Å². The van der Waals surface area contributed by atoms with Crippen LogP contribution in [0.4, 0.5) is 5.69 Å². The summed E-state index contributed by atoms with van der Waals surface area (Å²) in [5.41, 5.74) is 1.02. The number of aliphatic hydroxyl groups is 1. The maximum absolute atomic E-state index is 8.61. The fourth-order valence-electron chi connectivity index (χ4n) is 1.11. The highest BCUT2D eigenvalue weighted by atomic mass is 16.7. The van der Waals surface area contributed by atoms with Gasteiger partial charge in [0.25, 0.3) is 0 Å². The molecule has 4 nitrogen and oxygen atoms in total.